The van der Waals surface area contributed by atoms with Gasteiger partial charge >= 0.3 is 0 Å². The van der Waals surface area contributed by atoms with Gasteiger partial charge in [0.25, 0.3) is 5.56 Å². The first kappa shape index (κ1) is 19.8. The van der Waals surface area contributed by atoms with Gasteiger partial charge in [-0.2, -0.15) is 0 Å². The summed E-state index contributed by atoms with van der Waals surface area (Å²) >= 11 is 1.20. The molecule has 0 saturated heterocycles. The highest BCUT2D eigenvalue weighted by atomic mass is 32.2. The molecule has 0 saturated carbocycles. The third kappa shape index (κ3) is 5.52. The molecule has 1 unspecified atom stereocenters. The van der Waals surface area contributed by atoms with E-state index in [0.717, 1.165) is 18.5 Å². The SMILES string of the molecule is CCCc1cc(=O)[nH]c(SC(C)C(=O)Nc2cc(OC)cc(OC)c2)n1. The maximum atomic E-state index is 12.5. The Kier molecular flexibility index (Phi) is 7.08. The third-order valence-electron chi connectivity index (χ3n) is 3.56. The zero-order valence-electron chi connectivity index (χ0n) is 15.3. The smallest absolute Gasteiger partial charge is 0.251 e. The first-order valence-corrected chi connectivity index (χ1v) is 9.14. The molecule has 0 aliphatic heterocycles. The Morgan fingerprint density at radius 3 is 2.46 bits per heavy atom. The highest BCUT2D eigenvalue weighted by Crippen LogP contribution is 2.27. The molecule has 2 N–H and O–H groups in total. The Hall–Kier alpha value is -2.48. The zero-order valence-corrected chi connectivity index (χ0v) is 16.1. The van der Waals surface area contributed by atoms with Crippen LogP contribution in [0, 0.1) is 0 Å². The monoisotopic (exact) mass is 377 g/mol. The first-order chi connectivity index (χ1) is 12.4. The van der Waals surface area contributed by atoms with Gasteiger partial charge in [0, 0.05) is 35.6 Å². The van der Waals surface area contributed by atoms with Crippen molar-refractivity contribution in [2.75, 3.05) is 19.5 Å². The zero-order chi connectivity index (χ0) is 19.1. The number of methoxy groups -OCH3 is 2. The van der Waals surface area contributed by atoms with Crippen LogP contribution < -0.4 is 20.3 Å². The van der Waals surface area contributed by atoms with Gasteiger partial charge in [0.05, 0.1) is 19.5 Å². The second-order valence-corrected chi connectivity index (χ2v) is 6.97. The van der Waals surface area contributed by atoms with Gasteiger partial charge in [-0.1, -0.05) is 25.1 Å². The van der Waals surface area contributed by atoms with Gasteiger partial charge in [0.1, 0.15) is 11.5 Å². The molecule has 8 heteroatoms. The molecule has 0 fully saturated rings. The minimum absolute atomic E-state index is 0.212. The Labute approximate surface area is 156 Å². The molecule has 26 heavy (non-hydrogen) atoms. The second kappa shape index (κ2) is 9.28. The lowest BCUT2D eigenvalue weighted by atomic mass is 10.2. The van der Waals surface area contributed by atoms with Crippen molar-refractivity contribution in [3.05, 3.63) is 40.3 Å². The molecule has 1 aromatic heterocycles. The highest BCUT2D eigenvalue weighted by molar-refractivity contribution is 8.00. The number of anilines is 1. The Morgan fingerprint density at radius 2 is 1.88 bits per heavy atom. The summed E-state index contributed by atoms with van der Waals surface area (Å²) in [6.07, 6.45) is 1.62. The van der Waals surface area contributed by atoms with Crippen LogP contribution in [-0.2, 0) is 11.2 Å². The van der Waals surface area contributed by atoms with E-state index in [0.29, 0.717) is 22.3 Å². The van der Waals surface area contributed by atoms with Gasteiger partial charge < -0.3 is 19.8 Å². The van der Waals surface area contributed by atoms with Crippen molar-refractivity contribution < 1.29 is 14.3 Å². The van der Waals surface area contributed by atoms with E-state index < -0.39 is 5.25 Å². The Balaban J connectivity index is 2.09. The summed E-state index contributed by atoms with van der Waals surface area (Å²) in [6.45, 7) is 3.78. The van der Waals surface area contributed by atoms with Crippen LogP contribution in [0.15, 0.2) is 34.2 Å². The molecule has 1 heterocycles. The minimum atomic E-state index is -0.452. The van der Waals surface area contributed by atoms with Crippen molar-refractivity contribution in [1.29, 1.82) is 0 Å². The van der Waals surface area contributed by atoms with Gasteiger partial charge in [0.15, 0.2) is 5.16 Å². The van der Waals surface area contributed by atoms with E-state index in [-0.39, 0.29) is 11.5 Å². The molecular formula is C18H23N3O4S. The van der Waals surface area contributed by atoms with Crippen LogP contribution in [0.2, 0.25) is 0 Å². The number of H-pyrrole nitrogens is 1. The van der Waals surface area contributed by atoms with Gasteiger partial charge in [0.2, 0.25) is 5.91 Å². The fourth-order valence-electron chi connectivity index (χ4n) is 2.27. The van der Waals surface area contributed by atoms with Crippen molar-refractivity contribution >= 4 is 23.4 Å². The normalized spacial score (nSPS) is 11.7. The number of hydrogen-bond donors (Lipinski definition) is 2. The van der Waals surface area contributed by atoms with E-state index in [4.69, 9.17) is 9.47 Å². The number of aromatic amines is 1. The number of hydrogen-bond acceptors (Lipinski definition) is 6. The number of amides is 1. The quantitative estimate of drug-likeness (QED) is 0.543. The molecular weight excluding hydrogens is 354 g/mol. The average Bonchev–Trinajstić information content (AvgIpc) is 2.61. The number of ether oxygens (including phenoxy) is 2. The van der Waals surface area contributed by atoms with Crippen LogP contribution in [0.5, 0.6) is 11.5 Å². The lowest BCUT2D eigenvalue weighted by molar-refractivity contribution is -0.115. The Bertz CT molecular complexity index is 800. The van der Waals surface area contributed by atoms with Crippen LogP contribution in [0.4, 0.5) is 5.69 Å². The number of nitrogens with one attached hydrogen (secondary N) is 2. The number of benzene rings is 1. The fraction of sp³-hybridized carbons (Fsp3) is 0.389. The average molecular weight is 377 g/mol. The molecule has 1 aromatic carbocycles. The van der Waals surface area contributed by atoms with E-state index in [1.165, 1.54) is 17.8 Å². The van der Waals surface area contributed by atoms with Gasteiger partial charge in [-0.15, -0.1) is 0 Å². The standard InChI is InChI=1S/C18H23N3O4S/c1-5-6-12-9-16(22)21-18(20-12)26-11(2)17(23)19-13-7-14(24-3)10-15(8-13)25-4/h7-11H,5-6H2,1-4H3,(H,19,23)(H,20,21,22). The number of thioether (sulfide) groups is 1. The molecule has 140 valence electrons. The summed E-state index contributed by atoms with van der Waals surface area (Å²) in [5.41, 5.74) is 1.08. The van der Waals surface area contributed by atoms with Crippen molar-refractivity contribution in [3.63, 3.8) is 0 Å². The molecule has 2 rings (SSSR count). The van der Waals surface area contributed by atoms with Crippen LogP contribution >= 0.6 is 11.8 Å². The predicted molar refractivity (Wildman–Crippen MR) is 102 cm³/mol. The second-order valence-electron chi connectivity index (χ2n) is 5.64. The molecule has 2 aromatic rings. The van der Waals surface area contributed by atoms with E-state index in [9.17, 15) is 9.59 Å². The summed E-state index contributed by atoms with van der Waals surface area (Å²) in [5.74, 6) is 0.949. The molecule has 1 atom stereocenters. The van der Waals surface area contributed by atoms with Gasteiger partial charge in [-0.3, -0.25) is 9.59 Å². The number of rotatable bonds is 8. The molecule has 0 aliphatic carbocycles. The summed E-state index contributed by atoms with van der Waals surface area (Å²) < 4.78 is 10.4. The topological polar surface area (TPSA) is 93.3 Å². The predicted octanol–water partition coefficient (Wildman–Crippen LogP) is 2.86. The lowest BCUT2D eigenvalue weighted by Gasteiger charge is -2.13. The fourth-order valence-corrected chi connectivity index (χ4v) is 3.10. The largest absolute Gasteiger partial charge is 0.497 e. The molecule has 0 spiro atoms. The number of aryl methyl sites for hydroxylation is 1. The lowest BCUT2D eigenvalue weighted by Crippen LogP contribution is -2.23. The number of carbonyl (C=O) groups excluding carboxylic acids is 1. The van der Waals surface area contributed by atoms with E-state index in [1.54, 1.807) is 39.3 Å². The third-order valence-corrected chi connectivity index (χ3v) is 4.54. The van der Waals surface area contributed by atoms with Crippen molar-refractivity contribution in [2.45, 2.75) is 37.1 Å². The molecule has 7 nitrogen and oxygen atoms in total. The molecule has 1 amide bonds. The maximum Gasteiger partial charge on any atom is 0.251 e. The maximum absolute atomic E-state index is 12.5. The minimum Gasteiger partial charge on any atom is -0.497 e. The van der Waals surface area contributed by atoms with E-state index >= 15 is 0 Å². The Morgan fingerprint density at radius 1 is 1.23 bits per heavy atom. The highest BCUT2D eigenvalue weighted by Gasteiger charge is 2.17. The van der Waals surface area contributed by atoms with Crippen LogP contribution in [0.3, 0.4) is 0 Å². The molecule has 0 aliphatic rings. The van der Waals surface area contributed by atoms with Gasteiger partial charge in [-0.25, -0.2) is 4.98 Å². The van der Waals surface area contributed by atoms with E-state index in [2.05, 4.69) is 15.3 Å². The number of nitrogens with zero attached hydrogens (tertiary/aromatic N) is 1. The molecule has 0 radical (unpaired) electrons. The number of aromatic nitrogens is 2. The summed E-state index contributed by atoms with van der Waals surface area (Å²) in [7, 11) is 3.09. The summed E-state index contributed by atoms with van der Waals surface area (Å²) in [6, 6.07) is 6.63. The van der Waals surface area contributed by atoms with Crippen molar-refractivity contribution in [2.24, 2.45) is 0 Å². The van der Waals surface area contributed by atoms with E-state index in [1.807, 2.05) is 6.92 Å². The summed E-state index contributed by atoms with van der Waals surface area (Å²) in [5, 5.41) is 2.81. The van der Waals surface area contributed by atoms with Crippen LogP contribution in [-0.4, -0.2) is 35.3 Å². The van der Waals surface area contributed by atoms with Gasteiger partial charge in [-0.05, 0) is 13.3 Å². The van der Waals surface area contributed by atoms with Crippen molar-refractivity contribution in [1.82, 2.24) is 9.97 Å². The van der Waals surface area contributed by atoms with Crippen LogP contribution in [0.25, 0.3) is 0 Å². The first-order valence-electron chi connectivity index (χ1n) is 8.26. The van der Waals surface area contributed by atoms with Crippen LogP contribution in [0.1, 0.15) is 26.0 Å². The number of carbonyl (C=O) groups is 1. The summed E-state index contributed by atoms with van der Waals surface area (Å²) in [4.78, 5) is 31.3. The molecule has 0 bridgehead atoms. The van der Waals surface area contributed by atoms with Crippen molar-refractivity contribution in [3.8, 4) is 11.5 Å².